The van der Waals surface area contributed by atoms with Crippen molar-refractivity contribution >= 4 is 23.8 Å². The second kappa shape index (κ2) is 14.7. The molecule has 3 N–H and O–H groups in total. The molecular weight excluding hydrogens is 320 g/mol. The molecule has 0 bridgehead atoms. The van der Waals surface area contributed by atoms with Crippen LogP contribution in [0.3, 0.4) is 0 Å². The van der Waals surface area contributed by atoms with Gasteiger partial charge in [-0.1, -0.05) is 27.4 Å². The summed E-state index contributed by atoms with van der Waals surface area (Å²) in [5.41, 5.74) is 6.90. The summed E-state index contributed by atoms with van der Waals surface area (Å²) in [7, 11) is 0. The highest BCUT2D eigenvalue weighted by molar-refractivity contribution is 7.99. The van der Waals surface area contributed by atoms with Crippen molar-refractivity contribution in [3.8, 4) is 0 Å². The normalized spacial score (nSPS) is 12.3. The number of ether oxygens (including phenoxy) is 1. The van der Waals surface area contributed by atoms with Crippen molar-refractivity contribution in [3.05, 3.63) is 12.2 Å². The number of hydrogen-bond donors (Lipinski definition) is 2. The fraction of sp³-hybridized carbons (Fsp3) is 0.789. The molecule has 0 rings (SSSR count). The van der Waals surface area contributed by atoms with E-state index in [1.54, 1.807) is 11.8 Å². The summed E-state index contributed by atoms with van der Waals surface area (Å²) >= 11 is 1.73. The topological polar surface area (TPSA) is 76.2 Å². The Morgan fingerprint density at radius 3 is 2.38 bits per heavy atom. The highest BCUT2D eigenvalue weighted by Gasteiger charge is 2.20. The van der Waals surface area contributed by atoms with Gasteiger partial charge in [-0.05, 0) is 44.6 Å². The Balaban J connectivity index is 0. The molecule has 0 aromatic rings. The summed E-state index contributed by atoms with van der Waals surface area (Å²) in [5, 5.41) is 7.78. The summed E-state index contributed by atoms with van der Waals surface area (Å²) in [6.07, 6.45) is 3.04. The quantitative estimate of drug-likeness (QED) is 0.309. The highest BCUT2D eigenvalue weighted by atomic mass is 32.2. The molecule has 5 heteroatoms. The van der Waals surface area contributed by atoms with E-state index in [4.69, 9.17) is 15.9 Å². The van der Waals surface area contributed by atoms with E-state index >= 15 is 0 Å². The Kier molecular flexibility index (Phi) is 15.6. The van der Waals surface area contributed by atoms with E-state index < -0.39 is 0 Å². The molecule has 1 unspecified atom stereocenters. The van der Waals surface area contributed by atoms with E-state index in [-0.39, 0.29) is 11.3 Å². The lowest BCUT2D eigenvalue weighted by atomic mass is 9.83. The molecule has 0 amide bonds. The first-order chi connectivity index (χ1) is 11.1. The molecule has 0 spiro atoms. The van der Waals surface area contributed by atoms with Crippen LogP contribution in [-0.2, 0) is 9.53 Å². The lowest BCUT2D eigenvalue weighted by Gasteiger charge is -2.25. The van der Waals surface area contributed by atoms with E-state index in [2.05, 4.69) is 20.4 Å². The van der Waals surface area contributed by atoms with Crippen molar-refractivity contribution in [1.82, 2.24) is 0 Å². The van der Waals surface area contributed by atoms with Crippen LogP contribution >= 0.6 is 11.8 Å². The number of nitrogens with two attached hydrogens (primary N) is 1. The summed E-state index contributed by atoms with van der Waals surface area (Å²) in [6.45, 7) is 17.5. The van der Waals surface area contributed by atoms with Crippen molar-refractivity contribution in [2.24, 2.45) is 17.1 Å². The zero-order valence-electron chi connectivity index (χ0n) is 16.5. The van der Waals surface area contributed by atoms with E-state index in [9.17, 15) is 4.79 Å². The Morgan fingerprint density at radius 1 is 1.38 bits per heavy atom. The zero-order valence-corrected chi connectivity index (χ0v) is 17.3. The molecule has 4 nitrogen and oxygen atoms in total. The van der Waals surface area contributed by atoms with Crippen molar-refractivity contribution < 1.29 is 9.53 Å². The zero-order chi connectivity index (χ0) is 19.2. The molecule has 0 aromatic carbocycles. The first kappa shape index (κ1) is 25.6. The van der Waals surface area contributed by atoms with Gasteiger partial charge in [-0.15, -0.1) is 0 Å². The molecular formula is C19H38N2O2S. The third-order valence-electron chi connectivity index (χ3n) is 3.28. The van der Waals surface area contributed by atoms with Gasteiger partial charge in [-0.2, -0.15) is 11.8 Å². The van der Waals surface area contributed by atoms with Crippen LogP contribution < -0.4 is 5.73 Å². The first-order valence-electron chi connectivity index (χ1n) is 8.63. The fourth-order valence-electron chi connectivity index (χ4n) is 1.68. The fourth-order valence-corrected chi connectivity index (χ4v) is 2.46. The molecule has 0 saturated carbocycles. The maximum Gasteiger partial charge on any atom is 0.123 e. The molecule has 1 atom stereocenters. The van der Waals surface area contributed by atoms with Gasteiger partial charge >= 0.3 is 0 Å². The predicted octanol–water partition coefficient (Wildman–Crippen LogP) is 4.33. The average molecular weight is 359 g/mol. The average Bonchev–Trinajstić information content (AvgIpc) is 2.46. The third kappa shape index (κ3) is 17.7. The lowest BCUT2D eigenvalue weighted by Crippen LogP contribution is -2.20. The second-order valence-corrected chi connectivity index (χ2v) is 8.40. The predicted molar refractivity (Wildman–Crippen MR) is 108 cm³/mol. The van der Waals surface area contributed by atoms with Crippen LogP contribution in [0.2, 0.25) is 0 Å². The molecule has 0 fully saturated rings. The van der Waals surface area contributed by atoms with Crippen LogP contribution in [0.4, 0.5) is 0 Å². The largest absolute Gasteiger partial charge is 0.379 e. The summed E-state index contributed by atoms with van der Waals surface area (Å²) < 4.78 is 5.53. The molecule has 0 radical (unpaired) electrons. The van der Waals surface area contributed by atoms with Crippen molar-refractivity contribution in [2.75, 3.05) is 24.7 Å². The first-order valence-corrected chi connectivity index (χ1v) is 9.79. The molecule has 142 valence electrons. The van der Waals surface area contributed by atoms with Crippen molar-refractivity contribution in [3.63, 3.8) is 0 Å². The van der Waals surface area contributed by atoms with Gasteiger partial charge in [0.1, 0.15) is 6.29 Å². The maximum atomic E-state index is 10.1. The van der Waals surface area contributed by atoms with E-state index in [0.29, 0.717) is 18.4 Å². The van der Waals surface area contributed by atoms with Gasteiger partial charge in [-0.3, -0.25) is 0 Å². The number of aldehydes is 1. The number of thioether (sulfide) groups is 1. The van der Waals surface area contributed by atoms with Gasteiger partial charge in [0, 0.05) is 36.3 Å². The Bertz CT molecular complexity index is 368. The van der Waals surface area contributed by atoms with Crippen LogP contribution in [0.5, 0.6) is 0 Å². The van der Waals surface area contributed by atoms with Crippen LogP contribution in [0.15, 0.2) is 12.2 Å². The van der Waals surface area contributed by atoms with Crippen LogP contribution in [-0.4, -0.2) is 42.8 Å². The summed E-state index contributed by atoms with van der Waals surface area (Å²) in [6, 6.07) is 0. The number of hydrogen-bond acceptors (Lipinski definition) is 5. The third-order valence-corrected chi connectivity index (χ3v) is 4.56. The molecule has 0 saturated heterocycles. The minimum Gasteiger partial charge on any atom is -0.379 e. The Morgan fingerprint density at radius 2 is 1.96 bits per heavy atom. The number of allylic oxidation sites excluding steroid dienone is 1. The van der Waals surface area contributed by atoms with Gasteiger partial charge < -0.3 is 20.7 Å². The monoisotopic (exact) mass is 358 g/mol. The van der Waals surface area contributed by atoms with E-state index in [0.717, 1.165) is 42.8 Å². The number of nitrogens with one attached hydrogen (secondary N) is 1. The molecule has 0 aromatic heterocycles. The van der Waals surface area contributed by atoms with E-state index in [1.165, 1.54) is 0 Å². The smallest absolute Gasteiger partial charge is 0.123 e. The second-order valence-electron chi connectivity index (χ2n) is 7.25. The van der Waals surface area contributed by atoms with Crippen LogP contribution in [0.1, 0.15) is 54.4 Å². The van der Waals surface area contributed by atoms with Gasteiger partial charge in [0.15, 0.2) is 0 Å². The molecule has 0 heterocycles. The van der Waals surface area contributed by atoms with Crippen molar-refractivity contribution in [2.45, 2.75) is 60.5 Å². The van der Waals surface area contributed by atoms with Gasteiger partial charge in [0.05, 0.1) is 6.10 Å². The number of carbonyl (C=O) groups excluding carboxylic acids is 1. The molecule has 0 aliphatic heterocycles. The SMILES string of the molecule is C=C(C)C(=N)CC(C)(C)CCOC(C)C.CC(C=O)CSCCN. The summed E-state index contributed by atoms with van der Waals surface area (Å²) in [4.78, 5) is 10.1. The maximum absolute atomic E-state index is 10.1. The van der Waals surface area contributed by atoms with Crippen molar-refractivity contribution in [1.29, 1.82) is 5.41 Å². The Hall–Kier alpha value is -0.650. The lowest BCUT2D eigenvalue weighted by molar-refractivity contribution is -0.110. The van der Waals surface area contributed by atoms with E-state index in [1.807, 2.05) is 27.7 Å². The highest BCUT2D eigenvalue weighted by Crippen LogP contribution is 2.26. The number of rotatable bonds is 12. The number of carbonyl (C=O) groups is 1. The molecule has 24 heavy (non-hydrogen) atoms. The van der Waals surface area contributed by atoms with Crippen LogP contribution in [0.25, 0.3) is 0 Å². The van der Waals surface area contributed by atoms with Gasteiger partial charge in [-0.25, -0.2) is 0 Å². The van der Waals surface area contributed by atoms with Crippen LogP contribution in [0, 0.1) is 16.7 Å². The van der Waals surface area contributed by atoms with Gasteiger partial charge in [0.2, 0.25) is 0 Å². The standard InChI is InChI=1S/C13H25NO.C6H13NOS/c1-10(2)12(14)9-13(5,6)7-8-15-11(3)4;1-6(4-8)5-9-3-2-7/h11,14H,1,7-9H2,2-6H3;4,6H,2-3,5,7H2,1H3. The minimum atomic E-state index is 0.130. The molecule has 0 aliphatic rings. The summed E-state index contributed by atoms with van der Waals surface area (Å²) in [5.74, 6) is 2.04. The Labute approximate surface area is 153 Å². The molecule has 0 aliphatic carbocycles. The van der Waals surface area contributed by atoms with Gasteiger partial charge in [0.25, 0.3) is 0 Å². The minimum absolute atomic E-state index is 0.130.